The summed E-state index contributed by atoms with van der Waals surface area (Å²) in [5, 5.41) is 8.65. The number of allylic oxidation sites excluding steroid dienone is 1. The van der Waals surface area contributed by atoms with E-state index in [2.05, 4.69) is 4.74 Å². The Bertz CT molecular complexity index is 270. The molecule has 1 saturated carbocycles. The van der Waals surface area contributed by atoms with Crippen LogP contribution in [0, 0.1) is 0 Å². The van der Waals surface area contributed by atoms with Crippen molar-refractivity contribution in [2.75, 3.05) is 7.11 Å². The van der Waals surface area contributed by atoms with Gasteiger partial charge in [0.2, 0.25) is 0 Å². The van der Waals surface area contributed by atoms with Crippen LogP contribution in [0.3, 0.4) is 0 Å². The number of carboxylic acids is 1. The highest BCUT2D eigenvalue weighted by Crippen LogP contribution is 2.28. The molecule has 0 saturated heterocycles. The van der Waals surface area contributed by atoms with E-state index in [1.165, 1.54) is 7.11 Å². The molecule has 0 radical (unpaired) electrons. The van der Waals surface area contributed by atoms with Crippen molar-refractivity contribution in [3.05, 3.63) is 11.1 Å². The third-order valence-electron chi connectivity index (χ3n) is 2.39. The van der Waals surface area contributed by atoms with Gasteiger partial charge in [0.25, 0.3) is 0 Å². The number of carboxylic acid groups (broad SMARTS) is 1. The summed E-state index contributed by atoms with van der Waals surface area (Å²) in [6.45, 7) is 0. The molecule has 1 rings (SSSR count). The van der Waals surface area contributed by atoms with E-state index in [0.717, 1.165) is 31.3 Å². The molecule has 1 N–H and O–H groups in total. The van der Waals surface area contributed by atoms with E-state index in [0.29, 0.717) is 5.57 Å². The summed E-state index contributed by atoms with van der Waals surface area (Å²) in [5.41, 5.74) is 1.30. The molecular weight excluding hydrogens is 184 g/mol. The molecule has 1 fully saturated rings. The number of carbonyl (C=O) groups is 2. The number of hydrogen-bond donors (Lipinski definition) is 1. The number of hydrogen-bond acceptors (Lipinski definition) is 3. The highest BCUT2D eigenvalue weighted by Gasteiger charge is 2.21. The van der Waals surface area contributed by atoms with Crippen molar-refractivity contribution in [1.29, 1.82) is 0 Å². The zero-order valence-electron chi connectivity index (χ0n) is 8.21. The average molecular weight is 198 g/mol. The van der Waals surface area contributed by atoms with Crippen molar-refractivity contribution in [3.63, 3.8) is 0 Å². The molecule has 0 bridgehead atoms. The Morgan fingerprint density at radius 1 is 1.36 bits per heavy atom. The predicted molar refractivity (Wildman–Crippen MR) is 49.8 cm³/mol. The van der Waals surface area contributed by atoms with Gasteiger partial charge in [-0.15, -0.1) is 0 Å². The molecule has 4 nitrogen and oxygen atoms in total. The maximum atomic E-state index is 11.3. The van der Waals surface area contributed by atoms with Crippen molar-refractivity contribution in [2.24, 2.45) is 0 Å². The fourth-order valence-corrected chi connectivity index (χ4v) is 1.72. The van der Waals surface area contributed by atoms with Crippen LogP contribution in [0.1, 0.15) is 32.1 Å². The molecular formula is C10H14O4. The van der Waals surface area contributed by atoms with E-state index in [-0.39, 0.29) is 6.42 Å². The van der Waals surface area contributed by atoms with Gasteiger partial charge in [0.1, 0.15) is 0 Å². The molecule has 0 unspecified atom stereocenters. The summed E-state index contributed by atoms with van der Waals surface area (Å²) in [5.74, 6) is -1.48. The summed E-state index contributed by atoms with van der Waals surface area (Å²) >= 11 is 0. The molecule has 4 heteroatoms. The van der Waals surface area contributed by atoms with Gasteiger partial charge in [0.15, 0.2) is 0 Å². The lowest BCUT2D eigenvalue weighted by Gasteiger charge is -2.06. The molecule has 0 atom stereocenters. The number of esters is 1. The van der Waals surface area contributed by atoms with Crippen LogP contribution in [0.2, 0.25) is 0 Å². The highest BCUT2D eigenvalue weighted by atomic mass is 16.5. The van der Waals surface area contributed by atoms with Crippen LogP contribution in [-0.2, 0) is 14.3 Å². The quantitative estimate of drug-likeness (QED) is 0.551. The number of carbonyl (C=O) groups excluding carboxylic acids is 1. The van der Waals surface area contributed by atoms with Gasteiger partial charge in [-0.1, -0.05) is 5.57 Å². The van der Waals surface area contributed by atoms with Crippen molar-refractivity contribution in [3.8, 4) is 0 Å². The molecule has 0 aromatic rings. The first kappa shape index (κ1) is 10.8. The Morgan fingerprint density at radius 3 is 2.36 bits per heavy atom. The molecule has 1 aliphatic carbocycles. The predicted octanol–water partition coefficient (Wildman–Crippen LogP) is 1.50. The standard InChI is InChI=1S/C10H14O4/c1-14-10(13)8(6-9(11)12)7-4-2-3-5-7/h2-6H2,1H3,(H,11,12). The first-order chi connectivity index (χ1) is 6.65. The normalized spacial score (nSPS) is 15.4. The van der Waals surface area contributed by atoms with Gasteiger partial charge in [0, 0.05) is 5.57 Å². The zero-order chi connectivity index (χ0) is 10.6. The van der Waals surface area contributed by atoms with Gasteiger partial charge in [-0.05, 0) is 25.7 Å². The van der Waals surface area contributed by atoms with Gasteiger partial charge < -0.3 is 9.84 Å². The van der Waals surface area contributed by atoms with E-state index in [9.17, 15) is 9.59 Å². The van der Waals surface area contributed by atoms with E-state index in [1.54, 1.807) is 0 Å². The van der Waals surface area contributed by atoms with Crippen LogP contribution in [0.25, 0.3) is 0 Å². The van der Waals surface area contributed by atoms with Crippen molar-refractivity contribution < 1.29 is 19.4 Å². The Labute approximate surface area is 82.6 Å². The zero-order valence-corrected chi connectivity index (χ0v) is 8.21. The largest absolute Gasteiger partial charge is 0.481 e. The number of ether oxygens (including phenoxy) is 1. The maximum absolute atomic E-state index is 11.3. The minimum atomic E-state index is -0.982. The van der Waals surface area contributed by atoms with Crippen molar-refractivity contribution in [2.45, 2.75) is 32.1 Å². The maximum Gasteiger partial charge on any atom is 0.334 e. The van der Waals surface area contributed by atoms with Crippen LogP contribution >= 0.6 is 0 Å². The number of methoxy groups -OCH3 is 1. The molecule has 1 aliphatic rings. The Hall–Kier alpha value is -1.32. The van der Waals surface area contributed by atoms with Gasteiger partial charge in [-0.3, -0.25) is 4.79 Å². The van der Waals surface area contributed by atoms with Gasteiger partial charge >= 0.3 is 11.9 Å². The van der Waals surface area contributed by atoms with Crippen molar-refractivity contribution in [1.82, 2.24) is 0 Å². The smallest absolute Gasteiger partial charge is 0.334 e. The fraction of sp³-hybridized carbons (Fsp3) is 0.600. The monoisotopic (exact) mass is 198 g/mol. The van der Waals surface area contributed by atoms with E-state index >= 15 is 0 Å². The topological polar surface area (TPSA) is 63.6 Å². The molecule has 78 valence electrons. The molecule has 14 heavy (non-hydrogen) atoms. The second-order valence-corrected chi connectivity index (χ2v) is 3.35. The first-order valence-electron chi connectivity index (χ1n) is 4.66. The van der Waals surface area contributed by atoms with Gasteiger partial charge in [-0.25, -0.2) is 4.79 Å². The Kier molecular flexibility index (Phi) is 3.68. The third kappa shape index (κ3) is 2.58. The molecule has 0 heterocycles. The lowest BCUT2D eigenvalue weighted by molar-refractivity contribution is -0.141. The van der Waals surface area contributed by atoms with Crippen LogP contribution < -0.4 is 0 Å². The molecule has 0 aromatic heterocycles. The number of rotatable bonds is 3. The summed E-state index contributed by atoms with van der Waals surface area (Å²) in [6, 6.07) is 0. The van der Waals surface area contributed by atoms with E-state index in [1.807, 2.05) is 0 Å². The lowest BCUT2D eigenvalue weighted by atomic mass is 10.0. The second kappa shape index (κ2) is 4.79. The lowest BCUT2D eigenvalue weighted by Crippen LogP contribution is -2.11. The van der Waals surface area contributed by atoms with Gasteiger partial charge in [0.05, 0.1) is 13.5 Å². The third-order valence-corrected chi connectivity index (χ3v) is 2.39. The van der Waals surface area contributed by atoms with E-state index in [4.69, 9.17) is 5.11 Å². The molecule has 0 spiro atoms. The highest BCUT2D eigenvalue weighted by molar-refractivity contribution is 5.94. The van der Waals surface area contributed by atoms with Crippen LogP contribution in [0.15, 0.2) is 11.1 Å². The number of aliphatic carboxylic acids is 1. The molecule has 0 aromatic carbocycles. The summed E-state index contributed by atoms with van der Waals surface area (Å²) < 4.78 is 4.57. The summed E-state index contributed by atoms with van der Waals surface area (Å²) in [4.78, 5) is 21.8. The molecule has 0 amide bonds. The minimum absolute atomic E-state index is 0.220. The second-order valence-electron chi connectivity index (χ2n) is 3.35. The van der Waals surface area contributed by atoms with Gasteiger partial charge in [-0.2, -0.15) is 0 Å². The Morgan fingerprint density at radius 2 is 1.93 bits per heavy atom. The average Bonchev–Trinajstić information content (AvgIpc) is 2.65. The molecule has 0 aliphatic heterocycles. The van der Waals surface area contributed by atoms with Crippen molar-refractivity contribution >= 4 is 11.9 Å². The minimum Gasteiger partial charge on any atom is -0.481 e. The van der Waals surface area contributed by atoms with Crippen LogP contribution in [0.5, 0.6) is 0 Å². The van der Waals surface area contributed by atoms with Crippen LogP contribution in [-0.4, -0.2) is 24.2 Å². The summed E-state index contributed by atoms with van der Waals surface area (Å²) in [6.07, 6.45) is 3.52. The Balaban J connectivity index is 2.85. The van der Waals surface area contributed by atoms with Crippen LogP contribution in [0.4, 0.5) is 0 Å². The first-order valence-corrected chi connectivity index (χ1v) is 4.66. The fourth-order valence-electron chi connectivity index (χ4n) is 1.72. The SMILES string of the molecule is COC(=O)C(CC(=O)O)=C1CCCC1. The van der Waals surface area contributed by atoms with E-state index < -0.39 is 11.9 Å². The summed E-state index contributed by atoms with van der Waals surface area (Å²) in [7, 11) is 1.28.